The number of nitrogens with two attached hydrogens (primary N) is 1. The summed E-state index contributed by atoms with van der Waals surface area (Å²) in [4.78, 5) is 12.6. The van der Waals surface area contributed by atoms with Crippen molar-refractivity contribution in [3.8, 4) is 11.4 Å². The van der Waals surface area contributed by atoms with Gasteiger partial charge in [0.2, 0.25) is 11.1 Å². The van der Waals surface area contributed by atoms with Crippen molar-refractivity contribution in [3.05, 3.63) is 65.5 Å². The van der Waals surface area contributed by atoms with Crippen LogP contribution in [0.25, 0.3) is 11.4 Å². The van der Waals surface area contributed by atoms with Gasteiger partial charge in [-0.3, -0.25) is 4.79 Å². The van der Waals surface area contributed by atoms with Gasteiger partial charge >= 0.3 is 0 Å². The third-order valence-corrected chi connectivity index (χ3v) is 6.11. The van der Waals surface area contributed by atoms with Crippen molar-refractivity contribution in [1.82, 2.24) is 20.2 Å². The van der Waals surface area contributed by atoms with Crippen LogP contribution in [0.5, 0.6) is 0 Å². The summed E-state index contributed by atoms with van der Waals surface area (Å²) >= 11 is 1.23. The molecule has 1 amide bonds. The largest absolute Gasteiger partial charge is 0.349 e. The van der Waals surface area contributed by atoms with E-state index in [0.29, 0.717) is 11.0 Å². The fourth-order valence-corrected chi connectivity index (χ4v) is 3.83. The lowest BCUT2D eigenvalue weighted by atomic mass is 9.87. The Morgan fingerprint density at radius 3 is 2.26 bits per heavy atom. The first kappa shape index (κ1) is 22.8. The van der Waals surface area contributed by atoms with E-state index in [-0.39, 0.29) is 23.2 Å². The molecule has 6 nitrogen and oxygen atoms in total. The second-order valence-corrected chi connectivity index (χ2v) is 9.85. The van der Waals surface area contributed by atoms with Crippen LogP contribution >= 0.6 is 11.8 Å². The number of carbonyl (C=O) groups excluding carboxylic acids is 1. The normalized spacial score (nSPS) is 13.6. The quantitative estimate of drug-likeness (QED) is 0.436. The van der Waals surface area contributed by atoms with Gasteiger partial charge in [-0.1, -0.05) is 68.9 Å². The molecule has 3 aromatic rings. The molecule has 2 atom stereocenters. The maximum atomic E-state index is 13.1. The van der Waals surface area contributed by atoms with Crippen molar-refractivity contribution in [2.75, 3.05) is 5.84 Å². The number of rotatable bonds is 6. The van der Waals surface area contributed by atoms with E-state index in [0.717, 1.165) is 11.1 Å². The summed E-state index contributed by atoms with van der Waals surface area (Å²) in [6.45, 7) is 10.1. The monoisotopic (exact) mass is 441 g/mol. The Labute approximate surface area is 186 Å². The van der Waals surface area contributed by atoms with Crippen molar-refractivity contribution in [2.45, 2.75) is 56.5 Å². The van der Waals surface area contributed by atoms with Gasteiger partial charge in [0.1, 0.15) is 5.82 Å². The number of nitrogens with one attached hydrogen (secondary N) is 1. The predicted molar refractivity (Wildman–Crippen MR) is 123 cm³/mol. The molecule has 0 bridgehead atoms. The lowest BCUT2D eigenvalue weighted by Crippen LogP contribution is -2.33. The van der Waals surface area contributed by atoms with Gasteiger partial charge in [-0.15, -0.1) is 10.2 Å². The number of benzene rings is 2. The molecule has 164 valence electrons. The predicted octanol–water partition coefficient (Wildman–Crippen LogP) is 4.45. The molecule has 1 aromatic heterocycles. The van der Waals surface area contributed by atoms with Gasteiger partial charge in [-0.25, -0.2) is 9.07 Å². The zero-order valence-electron chi connectivity index (χ0n) is 18.4. The highest BCUT2D eigenvalue weighted by molar-refractivity contribution is 8.00. The zero-order valence-corrected chi connectivity index (χ0v) is 19.2. The number of halogens is 1. The Bertz CT molecular complexity index is 1040. The van der Waals surface area contributed by atoms with E-state index in [4.69, 9.17) is 5.84 Å². The number of aromatic nitrogens is 3. The highest BCUT2D eigenvalue weighted by atomic mass is 32.2. The number of hydrogen-bond acceptors (Lipinski definition) is 5. The zero-order chi connectivity index (χ0) is 22.8. The minimum atomic E-state index is -0.439. The lowest BCUT2D eigenvalue weighted by molar-refractivity contribution is -0.120. The van der Waals surface area contributed by atoms with Crippen molar-refractivity contribution < 1.29 is 9.18 Å². The van der Waals surface area contributed by atoms with Gasteiger partial charge in [0, 0.05) is 5.56 Å². The smallest absolute Gasteiger partial charge is 0.233 e. The summed E-state index contributed by atoms with van der Waals surface area (Å²) in [6, 6.07) is 13.9. The van der Waals surface area contributed by atoms with Crippen LogP contribution in [0, 0.1) is 5.82 Å². The molecule has 0 radical (unpaired) electrons. The Morgan fingerprint density at radius 2 is 1.68 bits per heavy atom. The standard InChI is InChI=1S/C23H28FN5OS/c1-14(16-8-12-19(24)13-9-16)26-21(30)15(2)31-22-28-27-20(29(22)25)17-6-10-18(11-7-17)23(3,4)5/h6-15H,25H2,1-5H3,(H,26,30). The summed E-state index contributed by atoms with van der Waals surface area (Å²) in [5.41, 5.74) is 2.96. The molecule has 2 aromatic carbocycles. The average Bonchev–Trinajstić information content (AvgIpc) is 3.08. The highest BCUT2D eigenvalue weighted by Gasteiger charge is 2.22. The highest BCUT2D eigenvalue weighted by Crippen LogP contribution is 2.28. The molecule has 0 spiro atoms. The second-order valence-electron chi connectivity index (χ2n) is 8.55. The number of thioether (sulfide) groups is 1. The molecule has 1 heterocycles. The molecule has 8 heteroatoms. The van der Waals surface area contributed by atoms with Crippen LogP contribution in [0.3, 0.4) is 0 Å². The molecule has 2 unspecified atom stereocenters. The first-order chi connectivity index (χ1) is 14.6. The number of amides is 1. The maximum absolute atomic E-state index is 13.1. The van der Waals surface area contributed by atoms with Crippen molar-refractivity contribution in [2.24, 2.45) is 0 Å². The van der Waals surface area contributed by atoms with E-state index in [1.807, 2.05) is 19.1 Å². The van der Waals surface area contributed by atoms with Crippen LogP contribution in [0.4, 0.5) is 4.39 Å². The molecular weight excluding hydrogens is 413 g/mol. The third-order valence-electron chi connectivity index (χ3n) is 5.05. The summed E-state index contributed by atoms with van der Waals surface area (Å²) < 4.78 is 14.5. The van der Waals surface area contributed by atoms with Gasteiger partial charge < -0.3 is 11.2 Å². The van der Waals surface area contributed by atoms with Crippen LogP contribution < -0.4 is 11.2 Å². The number of nitrogens with zero attached hydrogens (tertiary/aromatic N) is 3. The molecule has 3 rings (SSSR count). The van der Waals surface area contributed by atoms with Gasteiger partial charge in [-0.2, -0.15) is 0 Å². The van der Waals surface area contributed by atoms with Crippen molar-refractivity contribution in [3.63, 3.8) is 0 Å². The molecule has 0 saturated carbocycles. The van der Waals surface area contributed by atoms with Gasteiger partial charge in [0.25, 0.3) is 0 Å². The Kier molecular flexibility index (Phi) is 6.69. The Morgan fingerprint density at radius 1 is 1.06 bits per heavy atom. The van der Waals surface area contributed by atoms with Crippen molar-refractivity contribution >= 4 is 17.7 Å². The second kappa shape index (κ2) is 9.09. The topological polar surface area (TPSA) is 85.8 Å². The van der Waals surface area contributed by atoms with E-state index < -0.39 is 5.25 Å². The number of nitrogen functional groups attached to an aromatic ring is 1. The Hall–Kier alpha value is -2.87. The summed E-state index contributed by atoms with van der Waals surface area (Å²) in [5, 5.41) is 11.3. The van der Waals surface area contributed by atoms with Crippen LogP contribution in [0.15, 0.2) is 53.7 Å². The number of hydrogen-bond donors (Lipinski definition) is 2. The molecule has 0 fully saturated rings. The minimum Gasteiger partial charge on any atom is -0.349 e. The first-order valence-electron chi connectivity index (χ1n) is 10.1. The molecular formula is C23H28FN5OS. The van der Waals surface area contributed by atoms with Gasteiger partial charge in [0.05, 0.1) is 11.3 Å². The average molecular weight is 442 g/mol. The molecule has 3 N–H and O–H groups in total. The van der Waals surface area contributed by atoms with Crippen molar-refractivity contribution in [1.29, 1.82) is 0 Å². The van der Waals surface area contributed by atoms with E-state index in [2.05, 4.69) is 48.4 Å². The van der Waals surface area contributed by atoms with Gasteiger partial charge in [-0.05, 0) is 42.5 Å². The molecule has 31 heavy (non-hydrogen) atoms. The minimum absolute atomic E-state index is 0.0593. The van der Waals surface area contributed by atoms with Gasteiger partial charge in [0.15, 0.2) is 5.82 Å². The summed E-state index contributed by atoms with van der Waals surface area (Å²) in [5.74, 6) is 6.28. The summed E-state index contributed by atoms with van der Waals surface area (Å²) in [7, 11) is 0. The first-order valence-corrected chi connectivity index (χ1v) is 11.0. The summed E-state index contributed by atoms with van der Waals surface area (Å²) in [6.07, 6.45) is 0. The van der Waals surface area contributed by atoms with E-state index in [1.54, 1.807) is 19.1 Å². The molecule has 0 aliphatic heterocycles. The van der Waals surface area contributed by atoms with Crippen LogP contribution in [0.1, 0.15) is 51.8 Å². The lowest BCUT2D eigenvalue weighted by Gasteiger charge is -2.19. The molecule has 0 aliphatic rings. The SMILES string of the molecule is CC(Sc1nnc(-c2ccc(C(C)(C)C)cc2)n1N)C(=O)NC(C)c1ccc(F)cc1. The molecule has 0 saturated heterocycles. The van der Waals surface area contributed by atoms with Crippen LogP contribution in [-0.2, 0) is 10.2 Å². The Balaban J connectivity index is 1.67. The molecule has 0 aliphatic carbocycles. The fraction of sp³-hybridized carbons (Fsp3) is 0.348. The fourth-order valence-electron chi connectivity index (χ4n) is 3.05. The van der Waals surface area contributed by atoms with E-state index >= 15 is 0 Å². The van der Waals surface area contributed by atoms with E-state index in [9.17, 15) is 9.18 Å². The van der Waals surface area contributed by atoms with Crippen LogP contribution in [-0.4, -0.2) is 26.0 Å². The van der Waals surface area contributed by atoms with E-state index in [1.165, 1.54) is 34.1 Å². The number of carbonyl (C=O) groups is 1. The maximum Gasteiger partial charge on any atom is 0.233 e. The van der Waals surface area contributed by atoms with Crippen LogP contribution in [0.2, 0.25) is 0 Å². The third kappa shape index (κ3) is 5.44.